The van der Waals surface area contributed by atoms with Gasteiger partial charge in [-0.05, 0) is 53.6 Å². The summed E-state index contributed by atoms with van der Waals surface area (Å²) in [7, 11) is 0. The second kappa shape index (κ2) is 11.4. The van der Waals surface area contributed by atoms with Gasteiger partial charge in [0, 0.05) is 23.8 Å². The molecule has 178 valence electrons. The summed E-state index contributed by atoms with van der Waals surface area (Å²) >= 11 is 0. The zero-order chi connectivity index (χ0) is 23.3. The molecule has 1 amide bonds. The van der Waals surface area contributed by atoms with Crippen molar-refractivity contribution in [3.8, 4) is 17.2 Å². The summed E-state index contributed by atoms with van der Waals surface area (Å²) in [6.07, 6.45) is -0.218. The summed E-state index contributed by atoms with van der Waals surface area (Å²) in [5.41, 5.74) is 6.16. The van der Waals surface area contributed by atoms with Crippen molar-refractivity contribution in [1.29, 1.82) is 0 Å². The fourth-order valence-electron chi connectivity index (χ4n) is 3.14. The highest BCUT2D eigenvalue weighted by Gasteiger charge is 2.24. The number of aromatic nitrogens is 2. The first kappa shape index (κ1) is 25.7. The zero-order valence-corrected chi connectivity index (χ0v) is 18.5. The average molecular weight is 481 g/mol. The topological polar surface area (TPSA) is 178 Å². The van der Waals surface area contributed by atoms with Crippen molar-refractivity contribution < 1.29 is 34.4 Å². The number of ether oxygens (including phenoxy) is 1. The van der Waals surface area contributed by atoms with Gasteiger partial charge in [0.15, 0.2) is 6.61 Å². The van der Waals surface area contributed by atoms with Crippen LogP contribution in [-0.4, -0.2) is 39.0 Å². The molecule has 0 saturated carbocycles. The molecule has 0 radical (unpaired) electrons. The maximum atomic E-state index is 11.3. The standard InChI is InChI=1S/C21H24N4O7.ClH/c1-12(23-10-19(28)14-7-15(26)9-16(27)8-14)6-13-2-4-17(5-3-13)31-11-18-20(21(22)29)25(30)32-24-18;/h2-5,7-9,12,19,23,26-28H,6,10-11H2,1H3,(H2,22,29);1H/t12-,19-;/m0./s1. The van der Waals surface area contributed by atoms with Crippen LogP contribution in [0, 0.1) is 5.21 Å². The van der Waals surface area contributed by atoms with E-state index in [1.807, 2.05) is 19.1 Å². The van der Waals surface area contributed by atoms with Gasteiger partial charge in [-0.1, -0.05) is 12.1 Å². The Hall–Kier alpha value is -3.54. The number of nitrogens with two attached hydrogens (primary N) is 1. The molecular weight excluding hydrogens is 456 g/mol. The maximum Gasteiger partial charge on any atom is 0.297 e. The summed E-state index contributed by atoms with van der Waals surface area (Å²) < 4.78 is 9.90. The number of carbonyl (C=O) groups is 1. The minimum atomic E-state index is -0.956. The molecule has 6 N–H and O–H groups in total. The molecule has 2 aromatic carbocycles. The van der Waals surface area contributed by atoms with Crippen LogP contribution in [0.5, 0.6) is 17.2 Å². The van der Waals surface area contributed by atoms with Crippen LogP contribution in [0.4, 0.5) is 0 Å². The number of aromatic hydroxyl groups is 2. The molecule has 0 aliphatic rings. The molecule has 11 nitrogen and oxygen atoms in total. The van der Waals surface area contributed by atoms with Crippen molar-refractivity contribution in [3.05, 3.63) is 70.2 Å². The molecule has 0 aliphatic heterocycles. The van der Waals surface area contributed by atoms with Crippen molar-refractivity contribution >= 4 is 18.3 Å². The van der Waals surface area contributed by atoms with E-state index < -0.39 is 17.7 Å². The fourth-order valence-corrected chi connectivity index (χ4v) is 3.14. The van der Waals surface area contributed by atoms with Crippen LogP contribution in [0.1, 0.15) is 40.3 Å². The van der Waals surface area contributed by atoms with E-state index in [1.165, 1.54) is 18.2 Å². The first-order chi connectivity index (χ1) is 15.2. The number of aliphatic hydroxyl groups excluding tert-OH is 1. The van der Waals surface area contributed by atoms with Gasteiger partial charge in [0.2, 0.25) is 0 Å². The largest absolute Gasteiger partial charge is 0.508 e. The van der Waals surface area contributed by atoms with Gasteiger partial charge >= 0.3 is 0 Å². The summed E-state index contributed by atoms with van der Waals surface area (Å²) in [4.78, 5) is 11.2. The highest BCUT2D eigenvalue weighted by molar-refractivity contribution is 5.90. The molecule has 3 aromatic rings. The Labute approximate surface area is 195 Å². The number of halogens is 1. The number of amides is 1. The Morgan fingerprint density at radius 2 is 1.88 bits per heavy atom. The van der Waals surface area contributed by atoms with Gasteiger partial charge in [0.1, 0.15) is 17.2 Å². The summed E-state index contributed by atoms with van der Waals surface area (Å²) in [5, 5.41) is 47.3. The van der Waals surface area contributed by atoms with Gasteiger partial charge in [-0.15, -0.1) is 12.4 Å². The molecule has 33 heavy (non-hydrogen) atoms. The van der Waals surface area contributed by atoms with Crippen LogP contribution in [0.25, 0.3) is 0 Å². The van der Waals surface area contributed by atoms with Gasteiger partial charge in [-0.2, -0.15) is 0 Å². The smallest absolute Gasteiger partial charge is 0.297 e. The molecule has 0 aliphatic carbocycles. The van der Waals surface area contributed by atoms with Gasteiger partial charge < -0.3 is 36.3 Å². The molecule has 2 atom stereocenters. The lowest BCUT2D eigenvalue weighted by atomic mass is 10.1. The SMILES string of the molecule is C[C@@H](Cc1ccc(OCc2no[n+]([O-])c2C(N)=O)cc1)NC[C@H](O)c1cc(O)cc(O)c1.Cl. The van der Waals surface area contributed by atoms with Gasteiger partial charge in [0.05, 0.1) is 6.10 Å². The number of phenolic OH excluding ortho intramolecular Hbond substituents is 2. The molecule has 0 saturated heterocycles. The molecule has 3 rings (SSSR count). The first-order valence-corrected chi connectivity index (χ1v) is 9.77. The molecule has 0 unspecified atom stereocenters. The molecule has 1 heterocycles. The number of hydrogen-bond donors (Lipinski definition) is 5. The minimum Gasteiger partial charge on any atom is -0.508 e. The monoisotopic (exact) mass is 480 g/mol. The Bertz CT molecular complexity index is 1050. The minimum absolute atomic E-state index is 0. The number of carbonyl (C=O) groups excluding carboxylic acids is 1. The van der Waals surface area contributed by atoms with Crippen molar-refractivity contribution in [2.75, 3.05) is 6.54 Å². The summed E-state index contributed by atoms with van der Waals surface area (Å²) in [6, 6.07) is 11.2. The molecule has 0 fully saturated rings. The van der Waals surface area contributed by atoms with E-state index in [2.05, 4.69) is 15.1 Å². The first-order valence-electron chi connectivity index (χ1n) is 9.77. The Morgan fingerprint density at radius 3 is 2.48 bits per heavy atom. The van der Waals surface area contributed by atoms with Gasteiger partial charge in [0.25, 0.3) is 17.3 Å². The Kier molecular flexibility index (Phi) is 8.85. The van der Waals surface area contributed by atoms with Crippen molar-refractivity contribution in [2.45, 2.75) is 32.1 Å². The van der Waals surface area contributed by atoms with Crippen molar-refractivity contribution in [3.63, 3.8) is 0 Å². The third-order valence-corrected chi connectivity index (χ3v) is 4.72. The third-order valence-electron chi connectivity index (χ3n) is 4.72. The van der Waals surface area contributed by atoms with Crippen molar-refractivity contribution in [2.24, 2.45) is 5.73 Å². The predicted octanol–water partition coefficient (Wildman–Crippen LogP) is 1.07. The highest BCUT2D eigenvalue weighted by atomic mass is 35.5. The quantitative estimate of drug-likeness (QED) is 0.265. The van der Waals surface area contributed by atoms with E-state index in [9.17, 15) is 25.3 Å². The number of rotatable bonds is 10. The fraction of sp³-hybridized carbons (Fsp3) is 0.286. The maximum absolute atomic E-state index is 11.3. The molecule has 0 bridgehead atoms. The van der Waals surface area contributed by atoms with Crippen LogP contribution < -0.4 is 20.7 Å². The number of nitrogens with zero attached hydrogens (tertiary/aromatic N) is 2. The number of aliphatic hydroxyl groups is 1. The van der Waals surface area contributed by atoms with Gasteiger partial charge in [-0.3, -0.25) is 9.42 Å². The molecule has 0 spiro atoms. The molecular formula is C21H25ClN4O7. The summed E-state index contributed by atoms with van der Waals surface area (Å²) in [6.45, 7) is 2.05. The zero-order valence-electron chi connectivity index (χ0n) is 17.7. The van der Waals surface area contributed by atoms with Crippen LogP contribution in [-0.2, 0) is 13.0 Å². The van der Waals surface area contributed by atoms with Crippen LogP contribution in [0.2, 0.25) is 0 Å². The van der Waals surface area contributed by atoms with E-state index in [4.69, 9.17) is 10.5 Å². The summed E-state index contributed by atoms with van der Waals surface area (Å²) in [5.74, 6) is -0.681. The van der Waals surface area contributed by atoms with E-state index >= 15 is 0 Å². The molecule has 12 heteroatoms. The number of hydrogen-bond acceptors (Lipinski definition) is 9. The van der Waals surface area contributed by atoms with E-state index in [0.29, 0.717) is 17.7 Å². The van der Waals surface area contributed by atoms with E-state index in [0.717, 1.165) is 5.56 Å². The second-order valence-corrected chi connectivity index (χ2v) is 7.33. The number of nitrogens with one attached hydrogen (secondary N) is 1. The lowest BCUT2D eigenvalue weighted by molar-refractivity contribution is -0.803. The predicted molar refractivity (Wildman–Crippen MR) is 118 cm³/mol. The lowest BCUT2D eigenvalue weighted by Gasteiger charge is -2.18. The number of phenols is 2. The van der Waals surface area contributed by atoms with Crippen LogP contribution in [0.15, 0.2) is 47.1 Å². The lowest BCUT2D eigenvalue weighted by Crippen LogP contribution is -2.35. The Balaban J connectivity index is 0.00000385. The van der Waals surface area contributed by atoms with E-state index in [1.54, 1.807) is 12.1 Å². The third kappa shape index (κ3) is 6.97. The number of primary amides is 1. The Morgan fingerprint density at radius 1 is 1.24 bits per heavy atom. The van der Waals surface area contributed by atoms with E-state index in [-0.39, 0.29) is 53.7 Å². The normalized spacial score (nSPS) is 12.5. The van der Waals surface area contributed by atoms with Crippen LogP contribution in [0.3, 0.4) is 0 Å². The number of benzene rings is 2. The second-order valence-electron chi connectivity index (χ2n) is 7.33. The molecule has 1 aromatic heterocycles. The van der Waals surface area contributed by atoms with Gasteiger partial charge in [-0.25, -0.2) is 0 Å². The van der Waals surface area contributed by atoms with Crippen molar-refractivity contribution in [1.82, 2.24) is 10.5 Å². The highest BCUT2D eigenvalue weighted by Crippen LogP contribution is 2.24. The average Bonchev–Trinajstić information content (AvgIpc) is 3.11. The van der Waals surface area contributed by atoms with Crippen LogP contribution >= 0.6 is 12.4 Å².